The van der Waals surface area contributed by atoms with E-state index >= 15 is 0 Å². The van der Waals surface area contributed by atoms with E-state index in [4.69, 9.17) is 14.2 Å². The van der Waals surface area contributed by atoms with Crippen LogP contribution in [0.4, 0.5) is 5.13 Å². The average Bonchev–Trinajstić information content (AvgIpc) is 3.11. The molecule has 1 N–H and O–H groups in total. The lowest BCUT2D eigenvalue weighted by molar-refractivity contribution is -0.111. The molecular weight excluding hydrogens is 400 g/mol. The number of hydrogen-bond donors (Lipinski definition) is 1. The zero-order valence-electron chi connectivity index (χ0n) is 17.6. The molecule has 7 heteroatoms. The van der Waals surface area contributed by atoms with Gasteiger partial charge in [0.1, 0.15) is 17.2 Å². The summed E-state index contributed by atoms with van der Waals surface area (Å²) in [6.07, 6.45) is 3.14. The van der Waals surface area contributed by atoms with E-state index in [2.05, 4.69) is 10.3 Å². The van der Waals surface area contributed by atoms with Gasteiger partial charge in [-0.15, -0.1) is 11.3 Å². The summed E-state index contributed by atoms with van der Waals surface area (Å²) in [4.78, 5) is 18.0. The molecule has 0 saturated carbocycles. The zero-order chi connectivity index (χ0) is 21.7. The van der Waals surface area contributed by atoms with Crippen LogP contribution in [0.5, 0.6) is 17.2 Å². The Morgan fingerprint density at radius 2 is 1.73 bits per heavy atom. The van der Waals surface area contributed by atoms with Crippen molar-refractivity contribution in [2.24, 2.45) is 0 Å². The Balaban J connectivity index is 1.76. The lowest BCUT2D eigenvalue weighted by Crippen LogP contribution is -2.07. The van der Waals surface area contributed by atoms with Crippen LogP contribution in [-0.2, 0) is 4.79 Å². The van der Waals surface area contributed by atoms with E-state index in [9.17, 15) is 4.79 Å². The number of thiazole rings is 1. The molecule has 3 aromatic rings. The van der Waals surface area contributed by atoms with Gasteiger partial charge in [-0.1, -0.05) is 0 Å². The molecule has 2 aromatic carbocycles. The first kappa shape index (κ1) is 21.4. The van der Waals surface area contributed by atoms with Crippen molar-refractivity contribution in [3.05, 3.63) is 58.5 Å². The van der Waals surface area contributed by atoms with Crippen molar-refractivity contribution in [1.29, 1.82) is 0 Å². The smallest absolute Gasteiger partial charge is 0.250 e. The fourth-order valence-corrected chi connectivity index (χ4v) is 3.86. The number of nitrogens with zero attached hydrogens (tertiary/aromatic N) is 1. The van der Waals surface area contributed by atoms with Gasteiger partial charge in [0.05, 0.1) is 27.0 Å². The van der Waals surface area contributed by atoms with Gasteiger partial charge in [0, 0.05) is 22.1 Å². The van der Waals surface area contributed by atoms with Crippen molar-refractivity contribution < 1.29 is 19.0 Å². The van der Waals surface area contributed by atoms with Gasteiger partial charge in [-0.25, -0.2) is 4.98 Å². The van der Waals surface area contributed by atoms with Crippen LogP contribution in [0.2, 0.25) is 0 Å². The van der Waals surface area contributed by atoms with E-state index in [1.807, 2.05) is 32.0 Å². The summed E-state index contributed by atoms with van der Waals surface area (Å²) in [6, 6.07) is 11.3. The summed E-state index contributed by atoms with van der Waals surface area (Å²) in [6.45, 7) is 3.98. The van der Waals surface area contributed by atoms with Crippen LogP contribution in [0.25, 0.3) is 17.3 Å². The minimum absolute atomic E-state index is 0.272. The monoisotopic (exact) mass is 424 g/mol. The molecule has 0 saturated heterocycles. The topological polar surface area (TPSA) is 69.7 Å². The zero-order valence-corrected chi connectivity index (χ0v) is 18.4. The number of ether oxygens (including phenoxy) is 3. The highest BCUT2D eigenvalue weighted by molar-refractivity contribution is 7.16. The molecule has 0 atom stereocenters. The maximum absolute atomic E-state index is 12.4. The van der Waals surface area contributed by atoms with Crippen LogP contribution in [-0.4, -0.2) is 32.2 Å². The van der Waals surface area contributed by atoms with Crippen LogP contribution in [0.15, 0.2) is 42.5 Å². The lowest BCUT2D eigenvalue weighted by atomic mass is 10.1. The number of carbonyl (C=O) groups is 1. The quantitative estimate of drug-likeness (QED) is 0.534. The molecule has 0 aliphatic rings. The van der Waals surface area contributed by atoms with Crippen molar-refractivity contribution >= 4 is 28.5 Å². The van der Waals surface area contributed by atoms with Gasteiger partial charge >= 0.3 is 0 Å². The van der Waals surface area contributed by atoms with Crippen molar-refractivity contribution in [3.63, 3.8) is 0 Å². The number of carbonyl (C=O) groups excluding carboxylic acids is 1. The molecule has 1 heterocycles. The molecule has 0 fully saturated rings. The molecule has 0 radical (unpaired) electrons. The largest absolute Gasteiger partial charge is 0.497 e. The number of amides is 1. The highest BCUT2D eigenvalue weighted by atomic mass is 32.1. The standard InChI is InChI=1S/C23H24N2O4S/c1-14-12-17(6-9-19(14)28-4)22-15(2)30-23(25-22)24-21(26)11-7-16-13-18(27-3)8-10-20(16)29-5/h6-13H,1-5H3,(H,24,25,26)/b11-7+. The summed E-state index contributed by atoms with van der Waals surface area (Å²) < 4.78 is 15.9. The number of aryl methyl sites for hydroxylation is 2. The molecule has 1 aromatic heterocycles. The van der Waals surface area contributed by atoms with Crippen molar-refractivity contribution in [2.45, 2.75) is 13.8 Å². The van der Waals surface area contributed by atoms with Crippen molar-refractivity contribution in [3.8, 4) is 28.5 Å². The fraction of sp³-hybridized carbons (Fsp3) is 0.217. The van der Waals surface area contributed by atoms with E-state index in [-0.39, 0.29) is 5.91 Å². The Morgan fingerprint density at radius 3 is 2.40 bits per heavy atom. The summed E-state index contributed by atoms with van der Waals surface area (Å²) in [7, 11) is 4.83. The minimum atomic E-state index is -0.272. The predicted molar refractivity (Wildman–Crippen MR) is 121 cm³/mol. The summed E-state index contributed by atoms with van der Waals surface area (Å²) in [5.74, 6) is 1.90. The first-order valence-corrected chi connectivity index (χ1v) is 10.1. The van der Waals surface area contributed by atoms with E-state index in [0.717, 1.165) is 33.0 Å². The minimum Gasteiger partial charge on any atom is -0.497 e. The van der Waals surface area contributed by atoms with Gasteiger partial charge in [0.15, 0.2) is 5.13 Å². The maximum Gasteiger partial charge on any atom is 0.250 e. The molecule has 30 heavy (non-hydrogen) atoms. The Morgan fingerprint density at radius 1 is 1.00 bits per heavy atom. The number of aromatic nitrogens is 1. The number of rotatable bonds is 7. The average molecular weight is 425 g/mol. The third-order valence-corrected chi connectivity index (χ3v) is 5.43. The molecule has 0 bridgehead atoms. The van der Waals surface area contributed by atoms with E-state index in [0.29, 0.717) is 16.6 Å². The third-order valence-electron chi connectivity index (χ3n) is 4.55. The number of anilines is 1. The Kier molecular flexibility index (Phi) is 6.74. The van der Waals surface area contributed by atoms with Gasteiger partial charge in [0.25, 0.3) is 0 Å². The SMILES string of the molecule is COc1ccc(OC)c(/C=C/C(=O)Nc2nc(-c3ccc(OC)c(C)c3)c(C)s2)c1. The molecule has 1 amide bonds. The normalized spacial score (nSPS) is 10.8. The summed E-state index contributed by atoms with van der Waals surface area (Å²) in [5.41, 5.74) is 3.61. The Labute approximate surface area is 180 Å². The van der Waals surface area contributed by atoms with Gasteiger partial charge in [-0.2, -0.15) is 0 Å². The second kappa shape index (κ2) is 9.45. The number of hydrogen-bond acceptors (Lipinski definition) is 6. The fourth-order valence-electron chi connectivity index (χ4n) is 3.03. The second-order valence-corrected chi connectivity index (χ2v) is 7.74. The van der Waals surface area contributed by atoms with Gasteiger partial charge in [-0.3, -0.25) is 10.1 Å². The Hall–Kier alpha value is -3.32. The summed E-state index contributed by atoms with van der Waals surface area (Å²) in [5, 5.41) is 3.38. The van der Waals surface area contributed by atoms with E-state index < -0.39 is 0 Å². The number of benzene rings is 2. The molecule has 0 unspecified atom stereocenters. The number of methoxy groups -OCH3 is 3. The van der Waals surface area contributed by atoms with Crippen LogP contribution in [0.1, 0.15) is 16.0 Å². The third kappa shape index (κ3) is 4.80. The molecule has 3 rings (SSSR count). The molecule has 6 nitrogen and oxygen atoms in total. The second-order valence-electron chi connectivity index (χ2n) is 6.54. The summed E-state index contributed by atoms with van der Waals surface area (Å²) >= 11 is 1.44. The van der Waals surface area contributed by atoms with Gasteiger partial charge in [0.2, 0.25) is 5.91 Å². The van der Waals surface area contributed by atoms with Crippen LogP contribution < -0.4 is 19.5 Å². The van der Waals surface area contributed by atoms with Gasteiger partial charge in [-0.05, 0) is 61.9 Å². The number of nitrogens with one attached hydrogen (secondary N) is 1. The van der Waals surface area contributed by atoms with Crippen molar-refractivity contribution in [1.82, 2.24) is 4.98 Å². The molecule has 0 aliphatic heterocycles. The van der Waals surface area contributed by atoms with Crippen molar-refractivity contribution in [2.75, 3.05) is 26.6 Å². The highest BCUT2D eigenvalue weighted by Crippen LogP contribution is 2.33. The maximum atomic E-state index is 12.4. The van der Waals surface area contributed by atoms with E-state index in [1.165, 1.54) is 17.4 Å². The predicted octanol–water partition coefficient (Wildman–Crippen LogP) is 5.10. The van der Waals surface area contributed by atoms with Crippen LogP contribution >= 0.6 is 11.3 Å². The molecule has 156 valence electrons. The van der Waals surface area contributed by atoms with E-state index in [1.54, 1.807) is 45.6 Å². The Bertz CT molecular complexity index is 1090. The van der Waals surface area contributed by atoms with Crippen LogP contribution in [0.3, 0.4) is 0 Å². The first-order valence-electron chi connectivity index (χ1n) is 9.28. The first-order chi connectivity index (χ1) is 14.4. The van der Waals surface area contributed by atoms with Crippen LogP contribution in [0, 0.1) is 13.8 Å². The molecule has 0 aliphatic carbocycles. The molecular formula is C23H24N2O4S. The molecule has 0 spiro atoms. The van der Waals surface area contributed by atoms with Gasteiger partial charge < -0.3 is 14.2 Å². The highest BCUT2D eigenvalue weighted by Gasteiger charge is 2.13. The lowest BCUT2D eigenvalue weighted by Gasteiger charge is -2.07.